The molecule has 2 aromatic rings. The minimum Gasteiger partial charge on any atom is -0.394 e. The van der Waals surface area contributed by atoms with Crippen molar-refractivity contribution in [2.75, 3.05) is 13.2 Å². The fourth-order valence-electron chi connectivity index (χ4n) is 2.43. The molecule has 0 spiro atoms. The number of likely N-dealkylation sites (tertiary alicyclic amines) is 1. The summed E-state index contributed by atoms with van der Waals surface area (Å²) in [6.07, 6.45) is 6.29. The van der Waals surface area contributed by atoms with Gasteiger partial charge in [-0.2, -0.15) is 5.10 Å². The van der Waals surface area contributed by atoms with E-state index in [2.05, 4.69) is 15.1 Å². The van der Waals surface area contributed by atoms with Gasteiger partial charge in [-0.05, 0) is 25.0 Å². The third kappa shape index (κ3) is 2.27. The van der Waals surface area contributed by atoms with Crippen LogP contribution in [0, 0.1) is 0 Å². The van der Waals surface area contributed by atoms with Crippen molar-refractivity contribution in [1.29, 1.82) is 0 Å². The fourth-order valence-corrected chi connectivity index (χ4v) is 2.43. The summed E-state index contributed by atoms with van der Waals surface area (Å²) in [5, 5.41) is 13.3. The molecule has 7 nitrogen and oxygen atoms in total. The minimum atomic E-state index is -0.0841. The Morgan fingerprint density at radius 3 is 3.00 bits per heavy atom. The molecule has 2 aromatic heterocycles. The molecule has 1 N–H and O–H groups in total. The second-order valence-corrected chi connectivity index (χ2v) is 4.72. The van der Waals surface area contributed by atoms with Gasteiger partial charge in [0.25, 0.3) is 5.91 Å². The first-order valence-corrected chi connectivity index (χ1v) is 6.52. The zero-order chi connectivity index (χ0) is 13.9. The molecule has 7 heteroatoms. The van der Waals surface area contributed by atoms with E-state index in [9.17, 15) is 9.90 Å². The lowest BCUT2D eigenvalue weighted by molar-refractivity contribution is 0.0677. The Hall–Kier alpha value is -2.28. The van der Waals surface area contributed by atoms with Crippen LogP contribution in [0.15, 0.2) is 31.0 Å². The lowest BCUT2D eigenvalue weighted by Crippen LogP contribution is -2.37. The van der Waals surface area contributed by atoms with Gasteiger partial charge in [0.2, 0.25) is 0 Å². The van der Waals surface area contributed by atoms with Crippen molar-refractivity contribution in [3.05, 3.63) is 36.5 Å². The molecule has 3 heterocycles. The van der Waals surface area contributed by atoms with Crippen molar-refractivity contribution in [1.82, 2.24) is 24.6 Å². The van der Waals surface area contributed by atoms with E-state index in [0.717, 1.165) is 12.8 Å². The predicted molar refractivity (Wildman–Crippen MR) is 70.3 cm³/mol. The summed E-state index contributed by atoms with van der Waals surface area (Å²) >= 11 is 0. The van der Waals surface area contributed by atoms with Crippen LogP contribution in [0.1, 0.15) is 23.2 Å². The maximum atomic E-state index is 12.4. The Morgan fingerprint density at radius 1 is 1.45 bits per heavy atom. The van der Waals surface area contributed by atoms with Crippen LogP contribution in [0.4, 0.5) is 0 Å². The van der Waals surface area contributed by atoms with E-state index in [-0.39, 0.29) is 18.6 Å². The Bertz CT molecular complexity index is 581. The first-order chi connectivity index (χ1) is 9.79. The van der Waals surface area contributed by atoms with Gasteiger partial charge in [0, 0.05) is 12.7 Å². The van der Waals surface area contributed by atoms with Gasteiger partial charge in [0.05, 0.1) is 18.2 Å². The second kappa shape index (κ2) is 5.38. The molecule has 0 radical (unpaired) electrons. The Morgan fingerprint density at radius 2 is 2.35 bits per heavy atom. The quantitative estimate of drug-likeness (QED) is 0.867. The molecule has 0 aliphatic carbocycles. The smallest absolute Gasteiger partial charge is 0.255 e. The highest BCUT2D eigenvalue weighted by Crippen LogP contribution is 2.19. The molecule has 1 aliphatic heterocycles. The van der Waals surface area contributed by atoms with Crippen LogP contribution in [-0.2, 0) is 0 Å². The molecule has 20 heavy (non-hydrogen) atoms. The third-order valence-corrected chi connectivity index (χ3v) is 3.50. The molecule has 104 valence electrons. The van der Waals surface area contributed by atoms with Gasteiger partial charge >= 0.3 is 0 Å². The van der Waals surface area contributed by atoms with Gasteiger partial charge in [-0.15, -0.1) is 0 Å². The molecule has 1 aliphatic rings. The van der Waals surface area contributed by atoms with Gasteiger partial charge in [0.1, 0.15) is 12.7 Å². The number of carbonyl (C=O) groups excluding carboxylic acids is 1. The van der Waals surface area contributed by atoms with Crippen molar-refractivity contribution in [2.24, 2.45) is 0 Å². The van der Waals surface area contributed by atoms with Crippen LogP contribution in [0.2, 0.25) is 0 Å². The molecular formula is C13H15N5O2. The number of aromatic nitrogens is 4. The van der Waals surface area contributed by atoms with Gasteiger partial charge in [-0.3, -0.25) is 4.79 Å². The summed E-state index contributed by atoms with van der Waals surface area (Å²) in [4.78, 5) is 22.1. The van der Waals surface area contributed by atoms with Gasteiger partial charge in [-0.1, -0.05) is 0 Å². The second-order valence-electron chi connectivity index (χ2n) is 4.72. The van der Waals surface area contributed by atoms with Gasteiger partial charge in [-0.25, -0.2) is 14.6 Å². The van der Waals surface area contributed by atoms with Crippen LogP contribution >= 0.6 is 0 Å². The summed E-state index contributed by atoms with van der Waals surface area (Å²) in [5.74, 6) is 0.526. The number of carbonyl (C=O) groups is 1. The predicted octanol–water partition coefficient (Wildman–Crippen LogP) is 0.259. The van der Waals surface area contributed by atoms with Gasteiger partial charge in [0.15, 0.2) is 5.82 Å². The van der Waals surface area contributed by atoms with Crippen LogP contribution < -0.4 is 0 Å². The average molecular weight is 273 g/mol. The van der Waals surface area contributed by atoms with Crippen molar-refractivity contribution < 1.29 is 9.90 Å². The SMILES string of the molecule is O=C(c1ccc(-n2cncn2)nc1)N1CCC[C@H]1CO. The number of pyridine rings is 1. The lowest BCUT2D eigenvalue weighted by atomic mass is 10.2. The normalized spacial score (nSPS) is 18.4. The van der Waals surface area contributed by atoms with E-state index in [0.29, 0.717) is 17.9 Å². The van der Waals surface area contributed by atoms with Crippen molar-refractivity contribution in [3.63, 3.8) is 0 Å². The highest BCUT2D eigenvalue weighted by Gasteiger charge is 2.28. The number of amides is 1. The lowest BCUT2D eigenvalue weighted by Gasteiger charge is -2.22. The molecular weight excluding hydrogens is 258 g/mol. The Balaban J connectivity index is 1.79. The Kier molecular flexibility index (Phi) is 3.42. The van der Waals surface area contributed by atoms with Crippen LogP contribution in [0.25, 0.3) is 5.82 Å². The van der Waals surface area contributed by atoms with Crippen molar-refractivity contribution in [2.45, 2.75) is 18.9 Å². The van der Waals surface area contributed by atoms with E-state index in [1.807, 2.05) is 0 Å². The van der Waals surface area contributed by atoms with E-state index < -0.39 is 0 Å². The van der Waals surface area contributed by atoms with Crippen molar-refractivity contribution in [3.8, 4) is 5.82 Å². The summed E-state index contributed by atoms with van der Waals surface area (Å²) in [6.45, 7) is 0.700. The molecule has 1 atom stereocenters. The maximum absolute atomic E-state index is 12.4. The highest BCUT2D eigenvalue weighted by atomic mass is 16.3. The topological polar surface area (TPSA) is 84.1 Å². The summed E-state index contributed by atoms with van der Waals surface area (Å²) in [6, 6.07) is 3.38. The highest BCUT2D eigenvalue weighted by molar-refractivity contribution is 5.94. The van der Waals surface area contributed by atoms with E-state index in [4.69, 9.17) is 0 Å². The number of aliphatic hydroxyl groups is 1. The number of nitrogens with zero attached hydrogens (tertiary/aromatic N) is 5. The third-order valence-electron chi connectivity index (χ3n) is 3.50. The zero-order valence-electron chi connectivity index (χ0n) is 10.9. The molecule has 3 rings (SSSR count). The van der Waals surface area contributed by atoms with Gasteiger partial charge < -0.3 is 10.0 Å². The molecule has 0 bridgehead atoms. The first kappa shape index (κ1) is 12.7. The number of hydrogen-bond acceptors (Lipinski definition) is 5. The minimum absolute atomic E-state index is 0.0101. The standard InChI is InChI=1S/C13H15N5O2/c19-7-11-2-1-5-17(11)13(20)10-3-4-12(15-6-10)18-9-14-8-16-18/h3-4,6,8-9,11,19H,1-2,5,7H2/t11-/m0/s1. The van der Waals surface area contributed by atoms with Crippen molar-refractivity contribution >= 4 is 5.91 Å². The van der Waals surface area contributed by atoms with Crippen LogP contribution in [-0.4, -0.2) is 54.9 Å². The molecule has 1 amide bonds. The number of rotatable bonds is 3. The summed E-state index contributed by atoms with van der Waals surface area (Å²) < 4.78 is 1.53. The molecule has 1 fully saturated rings. The summed E-state index contributed by atoms with van der Waals surface area (Å²) in [7, 11) is 0. The molecule has 0 unspecified atom stereocenters. The first-order valence-electron chi connectivity index (χ1n) is 6.52. The number of aliphatic hydroxyl groups excluding tert-OH is 1. The summed E-state index contributed by atoms with van der Waals surface area (Å²) in [5.41, 5.74) is 0.522. The molecule has 0 aromatic carbocycles. The van der Waals surface area contributed by atoms with E-state index in [1.165, 1.54) is 17.2 Å². The zero-order valence-corrected chi connectivity index (χ0v) is 10.9. The molecule has 1 saturated heterocycles. The van der Waals surface area contributed by atoms with Crippen LogP contribution in [0.3, 0.4) is 0 Å². The van der Waals surface area contributed by atoms with E-state index >= 15 is 0 Å². The van der Waals surface area contributed by atoms with E-state index in [1.54, 1.807) is 23.4 Å². The van der Waals surface area contributed by atoms with Crippen LogP contribution in [0.5, 0.6) is 0 Å². The molecule has 0 saturated carbocycles. The largest absolute Gasteiger partial charge is 0.394 e. The maximum Gasteiger partial charge on any atom is 0.255 e. The fraction of sp³-hybridized carbons (Fsp3) is 0.385. The Labute approximate surface area is 115 Å². The number of hydrogen-bond donors (Lipinski definition) is 1. The average Bonchev–Trinajstić information content (AvgIpc) is 3.17. The monoisotopic (exact) mass is 273 g/mol.